The van der Waals surface area contributed by atoms with Crippen molar-refractivity contribution in [3.05, 3.63) is 0 Å². The fourth-order valence-corrected chi connectivity index (χ4v) is 2.11. The second-order valence-corrected chi connectivity index (χ2v) is 4.63. The summed E-state index contributed by atoms with van der Waals surface area (Å²) in [6.07, 6.45) is 3.79. The van der Waals surface area contributed by atoms with Crippen LogP contribution >= 0.6 is 23.2 Å². The van der Waals surface area contributed by atoms with Crippen LogP contribution in [-0.4, -0.2) is 23.2 Å². The molecule has 82 valence electrons. The Morgan fingerprint density at radius 1 is 1.43 bits per heavy atom. The van der Waals surface area contributed by atoms with E-state index in [9.17, 15) is 4.79 Å². The normalized spacial score (nSPS) is 16.8. The van der Waals surface area contributed by atoms with Gasteiger partial charge in [0, 0.05) is 18.2 Å². The van der Waals surface area contributed by atoms with Gasteiger partial charge in [-0.2, -0.15) is 0 Å². The molecule has 0 heterocycles. The summed E-state index contributed by atoms with van der Waals surface area (Å²) in [7, 11) is 0. The standard InChI is InChI=1S/C10H17Cl2NO/c1-2-10(6-11,7-12)13-9(14)5-8-3-4-8/h8H,2-7H2,1H3,(H,13,14). The van der Waals surface area contributed by atoms with Crippen LogP contribution in [0.1, 0.15) is 32.6 Å². The van der Waals surface area contributed by atoms with E-state index in [2.05, 4.69) is 5.32 Å². The molecule has 0 aromatic heterocycles. The number of hydrogen-bond donors (Lipinski definition) is 1. The maximum absolute atomic E-state index is 11.6. The van der Waals surface area contributed by atoms with E-state index in [0.29, 0.717) is 24.1 Å². The van der Waals surface area contributed by atoms with Gasteiger partial charge in [-0.25, -0.2) is 0 Å². The van der Waals surface area contributed by atoms with Gasteiger partial charge < -0.3 is 5.32 Å². The molecule has 14 heavy (non-hydrogen) atoms. The molecule has 1 rings (SSSR count). The van der Waals surface area contributed by atoms with Crippen LogP contribution in [0.2, 0.25) is 0 Å². The summed E-state index contributed by atoms with van der Waals surface area (Å²) in [5.41, 5.74) is -0.408. The smallest absolute Gasteiger partial charge is 0.220 e. The topological polar surface area (TPSA) is 29.1 Å². The summed E-state index contributed by atoms with van der Waals surface area (Å²) in [6, 6.07) is 0. The lowest BCUT2D eigenvalue weighted by Crippen LogP contribution is -2.51. The van der Waals surface area contributed by atoms with Crippen LogP contribution in [-0.2, 0) is 4.79 Å². The molecule has 1 saturated carbocycles. The molecular formula is C10H17Cl2NO. The third-order valence-corrected chi connectivity index (χ3v) is 3.79. The van der Waals surface area contributed by atoms with Gasteiger partial charge in [0.05, 0.1) is 5.54 Å². The minimum Gasteiger partial charge on any atom is -0.348 e. The molecule has 0 saturated heterocycles. The molecule has 4 heteroatoms. The van der Waals surface area contributed by atoms with Gasteiger partial charge in [-0.1, -0.05) is 6.92 Å². The van der Waals surface area contributed by atoms with Crippen molar-refractivity contribution in [2.24, 2.45) is 5.92 Å². The molecule has 0 radical (unpaired) electrons. The zero-order chi connectivity index (χ0) is 10.6. The Morgan fingerprint density at radius 3 is 2.36 bits per heavy atom. The number of carbonyl (C=O) groups is 1. The number of halogens is 2. The van der Waals surface area contributed by atoms with E-state index in [0.717, 1.165) is 6.42 Å². The van der Waals surface area contributed by atoms with Gasteiger partial charge in [0.15, 0.2) is 0 Å². The molecule has 0 unspecified atom stereocenters. The minimum atomic E-state index is -0.408. The highest BCUT2D eigenvalue weighted by molar-refractivity contribution is 6.22. The van der Waals surface area contributed by atoms with Crippen LogP contribution in [0, 0.1) is 5.92 Å². The maximum atomic E-state index is 11.6. The van der Waals surface area contributed by atoms with Crippen molar-refractivity contribution in [1.29, 1.82) is 0 Å². The van der Waals surface area contributed by atoms with E-state index < -0.39 is 5.54 Å². The van der Waals surface area contributed by atoms with Crippen LogP contribution < -0.4 is 5.32 Å². The SMILES string of the molecule is CCC(CCl)(CCl)NC(=O)CC1CC1. The van der Waals surface area contributed by atoms with Gasteiger partial charge in [-0.3, -0.25) is 4.79 Å². The van der Waals surface area contributed by atoms with Crippen molar-refractivity contribution in [2.75, 3.05) is 11.8 Å². The first-order valence-corrected chi connectivity index (χ1v) is 6.15. The minimum absolute atomic E-state index is 0.0932. The Balaban J connectivity index is 2.40. The molecule has 1 N–H and O–H groups in total. The van der Waals surface area contributed by atoms with Gasteiger partial charge in [0.2, 0.25) is 5.91 Å². The quantitative estimate of drug-likeness (QED) is 0.708. The number of nitrogens with one attached hydrogen (secondary N) is 1. The summed E-state index contributed by atoms with van der Waals surface area (Å²) in [5.74, 6) is 1.46. The predicted molar refractivity (Wildman–Crippen MR) is 59.9 cm³/mol. The Labute approximate surface area is 95.3 Å². The van der Waals surface area contributed by atoms with Crippen LogP contribution in [0.15, 0.2) is 0 Å². The molecule has 2 nitrogen and oxygen atoms in total. The molecule has 0 atom stereocenters. The first kappa shape index (κ1) is 12.1. The van der Waals surface area contributed by atoms with E-state index in [4.69, 9.17) is 23.2 Å². The third kappa shape index (κ3) is 3.32. The van der Waals surface area contributed by atoms with Crippen molar-refractivity contribution in [3.8, 4) is 0 Å². The van der Waals surface area contributed by atoms with E-state index in [1.54, 1.807) is 0 Å². The van der Waals surface area contributed by atoms with Crippen LogP contribution in [0.3, 0.4) is 0 Å². The summed E-state index contributed by atoms with van der Waals surface area (Å²) in [4.78, 5) is 11.6. The van der Waals surface area contributed by atoms with E-state index in [1.807, 2.05) is 6.92 Å². The van der Waals surface area contributed by atoms with Crippen LogP contribution in [0.4, 0.5) is 0 Å². The first-order valence-electron chi connectivity index (χ1n) is 5.08. The van der Waals surface area contributed by atoms with Crippen molar-refractivity contribution >= 4 is 29.1 Å². The summed E-state index contributed by atoms with van der Waals surface area (Å²) >= 11 is 11.6. The highest BCUT2D eigenvalue weighted by atomic mass is 35.5. The van der Waals surface area contributed by atoms with Crippen molar-refractivity contribution in [2.45, 2.75) is 38.1 Å². The molecular weight excluding hydrogens is 221 g/mol. The van der Waals surface area contributed by atoms with Gasteiger partial charge in [0.1, 0.15) is 0 Å². The Morgan fingerprint density at radius 2 is 2.00 bits per heavy atom. The number of hydrogen-bond acceptors (Lipinski definition) is 1. The van der Waals surface area contributed by atoms with E-state index in [1.165, 1.54) is 12.8 Å². The zero-order valence-corrected chi connectivity index (χ0v) is 10.00. The van der Waals surface area contributed by atoms with Gasteiger partial charge in [-0.15, -0.1) is 23.2 Å². The molecule has 1 aliphatic rings. The second kappa shape index (κ2) is 5.22. The average Bonchev–Trinajstić information content (AvgIpc) is 2.98. The molecule has 0 aromatic carbocycles. The number of carbonyl (C=O) groups excluding carboxylic acids is 1. The van der Waals surface area contributed by atoms with Crippen molar-refractivity contribution in [3.63, 3.8) is 0 Å². The summed E-state index contributed by atoms with van der Waals surface area (Å²) < 4.78 is 0. The highest BCUT2D eigenvalue weighted by Gasteiger charge is 2.31. The molecule has 1 fully saturated rings. The van der Waals surface area contributed by atoms with Gasteiger partial charge >= 0.3 is 0 Å². The Kier molecular flexibility index (Phi) is 4.52. The fourth-order valence-electron chi connectivity index (χ4n) is 1.31. The lowest BCUT2D eigenvalue weighted by Gasteiger charge is -2.29. The maximum Gasteiger partial charge on any atom is 0.220 e. The lowest BCUT2D eigenvalue weighted by molar-refractivity contribution is -0.123. The molecule has 1 amide bonds. The highest BCUT2D eigenvalue weighted by Crippen LogP contribution is 2.32. The van der Waals surface area contributed by atoms with Crippen LogP contribution in [0.25, 0.3) is 0 Å². The number of rotatable bonds is 6. The van der Waals surface area contributed by atoms with E-state index >= 15 is 0 Å². The number of amides is 1. The molecule has 1 aliphatic carbocycles. The van der Waals surface area contributed by atoms with Crippen molar-refractivity contribution < 1.29 is 4.79 Å². The fraction of sp³-hybridized carbons (Fsp3) is 0.900. The predicted octanol–water partition coefficient (Wildman–Crippen LogP) is 2.53. The first-order chi connectivity index (χ1) is 6.65. The van der Waals surface area contributed by atoms with Gasteiger partial charge in [0.25, 0.3) is 0 Å². The molecule has 0 aliphatic heterocycles. The molecule has 0 spiro atoms. The number of alkyl halides is 2. The molecule has 0 bridgehead atoms. The zero-order valence-electron chi connectivity index (χ0n) is 8.48. The lowest BCUT2D eigenvalue weighted by atomic mass is 10.0. The largest absolute Gasteiger partial charge is 0.348 e. The summed E-state index contributed by atoms with van der Waals surface area (Å²) in [5, 5.41) is 2.95. The Hall–Kier alpha value is 0.0500. The third-order valence-electron chi connectivity index (χ3n) is 2.76. The van der Waals surface area contributed by atoms with Gasteiger partial charge in [-0.05, 0) is 25.2 Å². The average molecular weight is 238 g/mol. The van der Waals surface area contributed by atoms with Crippen molar-refractivity contribution in [1.82, 2.24) is 5.32 Å². The molecule has 0 aromatic rings. The summed E-state index contributed by atoms with van der Waals surface area (Å²) in [6.45, 7) is 1.99. The second-order valence-electron chi connectivity index (χ2n) is 4.10. The Bertz CT molecular complexity index is 192. The monoisotopic (exact) mass is 237 g/mol. The van der Waals surface area contributed by atoms with E-state index in [-0.39, 0.29) is 5.91 Å². The van der Waals surface area contributed by atoms with Crippen LogP contribution in [0.5, 0.6) is 0 Å².